The van der Waals surface area contributed by atoms with Gasteiger partial charge in [0, 0.05) is 33.1 Å². The first-order valence-corrected chi connectivity index (χ1v) is 5.28. The minimum absolute atomic E-state index is 0.0205. The smallest absolute Gasteiger partial charge is 0.242 e. The fourth-order valence-electron chi connectivity index (χ4n) is 1.28. The largest absolute Gasteiger partial charge is 0.342 e. The molecule has 0 saturated carbocycles. The first-order valence-electron chi connectivity index (χ1n) is 5.28. The lowest BCUT2D eigenvalue weighted by atomic mass is 10.3. The Morgan fingerprint density at radius 1 is 1.13 bits per heavy atom. The van der Waals surface area contributed by atoms with Gasteiger partial charge < -0.3 is 15.5 Å². The number of nitrogens with zero attached hydrogens (tertiary/aromatic N) is 2. The lowest BCUT2D eigenvalue weighted by Gasteiger charge is -2.23. The zero-order valence-electron chi connectivity index (χ0n) is 9.82. The molecule has 0 unspecified atom stereocenters. The average molecular weight is 215 g/mol. The van der Waals surface area contributed by atoms with E-state index < -0.39 is 0 Å². The molecule has 0 heterocycles. The minimum atomic E-state index is -0.0852. The van der Waals surface area contributed by atoms with E-state index in [0.29, 0.717) is 26.1 Å². The molecule has 0 aromatic heterocycles. The summed E-state index contributed by atoms with van der Waals surface area (Å²) in [5.41, 5.74) is 5.27. The molecule has 5 nitrogen and oxygen atoms in total. The van der Waals surface area contributed by atoms with Gasteiger partial charge >= 0.3 is 0 Å². The number of carbonyl (C=O) groups is 2. The third kappa shape index (κ3) is 4.78. The topological polar surface area (TPSA) is 66.6 Å². The molecule has 0 aliphatic rings. The van der Waals surface area contributed by atoms with Gasteiger partial charge in [-0.25, -0.2) is 0 Å². The maximum Gasteiger partial charge on any atom is 0.242 e. The van der Waals surface area contributed by atoms with E-state index in [1.807, 2.05) is 13.8 Å². The Balaban J connectivity index is 4.10. The van der Waals surface area contributed by atoms with Crippen molar-refractivity contribution in [2.75, 3.05) is 33.2 Å². The molecular formula is C10H21N3O2. The lowest BCUT2D eigenvalue weighted by molar-refractivity contribution is -0.139. The van der Waals surface area contributed by atoms with Crippen molar-refractivity contribution in [2.24, 2.45) is 5.73 Å². The van der Waals surface area contributed by atoms with Gasteiger partial charge in [0.1, 0.15) is 0 Å². The molecule has 0 radical (unpaired) electrons. The van der Waals surface area contributed by atoms with Crippen LogP contribution in [0, 0.1) is 0 Å². The number of amides is 2. The van der Waals surface area contributed by atoms with Crippen molar-refractivity contribution < 1.29 is 9.59 Å². The maximum atomic E-state index is 11.6. The molecule has 0 bridgehead atoms. The number of hydrogen-bond donors (Lipinski definition) is 1. The molecule has 0 spiro atoms. The molecule has 0 atom stereocenters. The highest BCUT2D eigenvalue weighted by atomic mass is 16.2. The van der Waals surface area contributed by atoms with E-state index in [4.69, 9.17) is 5.73 Å². The molecule has 88 valence electrons. The number of nitrogens with two attached hydrogens (primary N) is 1. The van der Waals surface area contributed by atoms with Crippen LogP contribution in [0.15, 0.2) is 0 Å². The predicted octanol–water partition coefficient (Wildman–Crippen LogP) is -0.338. The molecular weight excluding hydrogens is 194 g/mol. The first-order chi connectivity index (χ1) is 7.06. The van der Waals surface area contributed by atoms with Crippen molar-refractivity contribution in [1.29, 1.82) is 0 Å². The van der Waals surface area contributed by atoms with E-state index in [2.05, 4.69) is 0 Å². The van der Waals surface area contributed by atoms with Crippen LogP contribution in [-0.4, -0.2) is 54.8 Å². The van der Waals surface area contributed by atoms with Gasteiger partial charge in [0.2, 0.25) is 11.8 Å². The second kappa shape index (κ2) is 7.23. The molecule has 0 aliphatic carbocycles. The number of carbonyl (C=O) groups excluding carboxylic acids is 2. The van der Waals surface area contributed by atoms with Gasteiger partial charge in [-0.3, -0.25) is 9.59 Å². The molecule has 0 aromatic rings. The molecule has 15 heavy (non-hydrogen) atoms. The van der Waals surface area contributed by atoms with Crippen molar-refractivity contribution in [2.45, 2.75) is 20.3 Å². The van der Waals surface area contributed by atoms with Crippen LogP contribution < -0.4 is 5.73 Å². The molecule has 0 aliphatic heterocycles. The zero-order chi connectivity index (χ0) is 11.8. The minimum Gasteiger partial charge on any atom is -0.342 e. The predicted molar refractivity (Wildman–Crippen MR) is 59.2 cm³/mol. The van der Waals surface area contributed by atoms with Crippen LogP contribution in [0.5, 0.6) is 0 Å². The molecule has 5 heteroatoms. The number of rotatable bonds is 6. The Morgan fingerprint density at radius 3 is 2.07 bits per heavy atom. The van der Waals surface area contributed by atoms with Crippen LogP contribution in [0.25, 0.3) is 0 Å². The normalized spacial score (nSPS) is 9.87. The van der Waals surface area contributed by atoms with E-state index in [9.17, 15) is 9.59 Å². The molecule has 0 rings (SSSR count). The van der Waals surface area contributed by atoms with E-state index >= 15 is 0 Å². The quantitative estimate of drug-likeness (QED) is 0.659. The van der Waals surface area contributed by atoms with Gasteiger partial charge in [0.15, 0.2) is 0 Å². The van der Waals surface area contributed by atoms with Crippen LogP contribution >= 0.6 is 0 Å². The zero-order valence-corrected chi connectivity index (χ0v) is 9.82. The molecule has 2 N–H and O–H groups in total. The highest BCUT2D eigenvalue weighted by Crippen LogP contribution is 1.94. The summed E-state index contributed by atoms with van der Waals surface area (Å²) in [5.74, 6) is -0.106. The summed E-state index contributed by atoms with van der Waals surface area (Å²) >= 11 is 0. The van der Waals surface area contributed by atoms with Crippen molar-refractivity contribution in [3.05, 3.63) is 0 Å². The summed E-state index contributed by atoms with van der Waals surface area (Å²) in [6.45, 7) is 5.65. The molecule has 0 saturated heterocycles. The van der Waals surface area contributed by atoms with Crippen molar-refractivity contribution in [3.63, 3.8) is 0 Å². The van der Waals surface area contributed by atoms with Crippen LogP contribution in [0.1, 0.15) is 20.3 Å². The summed E-state index contributed by atoms with van der Waals surface area (Å²) in [7, 11) is 1.62. The molecule has 0 fully saturated rings. The highest BCUT2D eigenvalue weighted by Gasteiger charge is 2.15. The van der Waals surface area contributed by atoms with Gasteiger partial charge in [-0.1, -0.05) is 0 Å². The Bertz CT molecular complexity index is 215. The third-order valence-corrected chi connectivity index (χ3v) is 2.27. The fraction of sp³-hybridized carbons (Fsp3) is 0.800. The van der Waals surface area contributed by atoms with Gasteiger partial charge in [0.25, 0.3) is 0 Å². The first kappa shape index (κ1) is 13.9. The van der Waals surface area contributed by atoms with Gasteiger partial charge in [-0.15, -0.1) is 0 Å². The monoisotopic (exact) mass is 215 g/mol. The summed E-state index contributed by atoms with van der Waals surface area (Å²) in [6, 6.07) is 0. The maximum absolute atomic E-state index is 11.6. The highest BCUT2D eigenvalue weighted by molar-refractivity contribution is 5.84. The van der Waals surface area contributed by atoms with E-state index in [1.165, 1.54) is 4.90 Å². The summed E-state index contributed by atoms with van der Waals surface area (Å²) in [4.78, 5) is 26.1. The average Bonchev–Trinajstić information content (AvgIpc) is 2.19. The van der Waals surface area contributed by atoms with Gasteiger partial charge in [0.05, 0.1) is 6.54 Å². The van der Waals surface area contributed by atoms with E-state index in [0.717, 1.165) is 0 Å². The van der Waals surface area contributed by atoms with Crippen LogP contribution in [-0.2, 0) is 9.59 Å². The van der Waals surface area contributed by atoms with Gasteiger partial charge in [-0.05, 0) is 13.8 Å². The summed E-state index contributed by atoms with van der Waals surface area (Å²) in [6.07, 6.45) is 0.294. The van der Waals surface area contributed by atoms with Crippen molar-refractivity contribution in [1.82, 2.24) is 9.80 Å². The van der Waals surface area contributed by atoms with Crippen molar-refractivity contribution >= 4 is 11.8 Å². The third-order valence-electron chi connectivity index (χ3n) is 2.27. The van der Waals surface area contributed by atoms with E-state index in [-0.39, 0.29) is 18.4 Å². The standard InChI is InChI=1S/C10H21N3O2/c1-4-13(5-2)10(15)8-12(3)9(14)6-7-11/h4-8,11H2,1-3H3. The Morgan fingerprint density at radius 2 is 1.67 bits per heavy atom. The van der Waals surface area contributed by atoms with Crippen molar-refractivity contribution in [3.8, 4) is 0 Å². The fourth-order valence-corrected chi connectivity index (χ4v) is 1.28. The molecule has 0 aromatic carbocycles. The summed E-state index contributed by atoms with van der Waals surface area (Å²) in [5, 5.41) is 0. The second-order valence-corrected chi connectivity index (χ2v) is 3.35. The second-order valence-electron chi connectivity index (χ2n) is 3.35. The van der Waals surface area contributed by atoms with Crippen LogP contribution in [0.4, 0.5) is 0 Å². The lowest BCUT2D eigenvalue weighted by Crippen LogP contribution is -2.41. The Kier molecular flexibility index (Phi) is 6.70. The van der Waals surface area contributed by atoms with Gasteiger partial charge in [-0.2, -0.15) is 0 Å². The van der Waals surface area contributed by atoms with E-state index in [1.54, 1.807) is 11.9 Å². The molecule has 2 amide bonds. The van der Waals surface area contributed by atoms with Crippen LogP contribution in [0.2, 0.25) is 0 Å². The Hall–Kier alpha value is -1.10. The summed E-state index contributed by atoms with van der Waals surface area (Å²) < 4.78 is 0. The Labute approximate surface area is 91.2 Å². The number of likely N-dealkylation sites (N-methyl/N-ethyl adjacent to an activating group) is 2. The number of hydrogen-bond acceptors (Lipinski definition) is 3. The van der Waals surface area contributed by atoms with Crippen LogP contribution in [0.3, 0.4) is 0 Å². The SMILES string of the molecule is CCN(CC)C(=O)CN(C)C(=O)CCN.